The van der Waals surface area contributed by atoms with Crippen LogP contribution in [0.4, 0.5) is 0 Å². The number of hydrogen-bond acceptors (Lipinski definition) is 6. The van der Waals surface area contributed by atoms with Gasteiger partial charge in [0, 0.05) is 0 Å². The summed E-state index contributed by atoms with van der Waals surface area (Å²) in [7, 11) is 1.57. The minimum absolute atomic E-state index is 0.0427. The second kappa shape index (κ2) is 6.42. The molecule has 0 bridgehead atoms. The van der Waals surface area contributed by atoms with Crippen LogP contribution in [-0.2, 0) is 4.74 Å². The number of oxazole rings is 1. The molecule has 0 aliphatic heterocycles. The number of rotatable bonds is 5. The normalized spacial score (nSPS) is 10.2. The van der Waals surface area contributed by atoms with Crippen molar-refractivity contribution in [1.29, 1.82) is 0 Å². The van der Waals surface area contributed by atoms with E-state index in [0.29, 0.717) is 16.0 Å². The highest BCUT2D eigenvalue weighted by atomic mass is 79.9. The van der Waals surface area contributed by atoms with Gasteiger partial charge in [-0.1, -0.05) is 0 Å². The number of aromatic nitrogens is 1. The van der Waals surface area contributed by atoms with Crippen molar-refractivity contribution in [2.24, 2.45) is 0 Å². The Balaban J connectivity index is 2.12. The molecule has 0 aliphatic rings. The molecule has 0 fully saturated rings. The fraction of sp³-hybridized carbons (Fsp3) is 0.231. The Kier molecular flexibility index (Phi) is 4.62. The van der Waals surface area contributed by atoms with Crippen LogP contribution in [0.2, 0.25) is 0 Å². The molecule has 6 nitrogen and oxygen atoms in total. The molecule has 2 rings (SSSR count). The van der Waals surface area contributed by atoms with E-state index in [1.807, 2.05) is 0 Å². The Bertz CT molecular complexity index is 611. The van der Waals surface area contributed by atoms with Crippen LogP contribution in [0.5, 0.6) is 17.6 Å². The molecule has 1 aromatic heterocycles. The minimum Gasteiger partial charge on any atom is -0.497 e. The second-order valence-electron chi connectivity index (χ2n) is 3.62. The Morgan fingerprint density at radius 1 is 1.45 bits per heavy atom. The molecule has 0 N–H and O–H groups in total. The van der Waals surface area contributed by atoms with E-state index in [9.17, 15) is 4.79 Å². The van der Waals surface area contributed by atoms with Crippen LogP contribution in [0.3, 0.4) is 0 Å². The van der Waals surface area contributed by atoms with E-state index >= 15 is 0 Å². The van der Waals surface area contributed by atoms with Crippen molar-refractivity contribution in [2.45, 2.75) is 6.92 Å². The monoisotopic (exact) mass is 341 g/mol. The third-order valence-electron chi connectivity index (χ3n) is 2.30. The molecule has 2 aromatic rings. The van der Waals surface area contributed by atoms with Crippen molar-refractivity contribution < 1.29 is 23.4 Å². The van der Waals surface area contributed by atoms with Gasteiger partial charge in [-0.15, -0.1) is 0 Å². The van der Waals surface area contributed by atoms with Crippen molar-refractivity contribution in [1.82, 2.24) is 4.98 Å². The summed E-state index contributed by atoms with van der Waals surface area (Å²) in [6.07, 6.45) is 1.14. The number of nitrogens with zero attached hydrogens (tertiary/aromatic N) is 1. The number of halogens is 1. The van der Waals surface area contributed by atoms with Crippen LogP contribution >= 0.6 is 15.9 Å². The number of carbonyl (C=O) groups is 1. The maximum absolute atomic E-state index is 11.4. The van der Waals surface area contributed by atoms with E-state index in [4.69, 9.17) is 18.6 Å². The number of esters is 1. The summed E-state index contributed by atoms with van der Waals surface area (Å²) in [6.45, 7) is 1.98. The van der Waals surface area contributed by atoms with Gasteiger partial charge in [-0.05, 0) is 41.1 Å². The average molecular weight is 342 g/mol. The molecule has 0 unspecified atom stereocenters. The highest BCUT2D eigenvalue weighted by molar-refractivity contribution is 9.10. The predicted molar refractivity (Wildman–Crippen MR) is 73.2 cm³/mol. The lowest BCUT2D eigenvalue weighted by molar-refractivity contribution is 0.0519. The molecule has 1 aromatic carbocycles. The van der Waals surface area contributed by atoms with E-state index in [-0.39, 0.29) is 18.4 Å². The van der Waals surface area contributed by atoms with Crippen molar-refractivity contribution in [3.05, 3.63) is 34.6 Å². The van der Waals surface area contributed by atoms with Crippen molar-refractivity contribution in [3.8, 4) is 17.6 Å². The third-order valence-corrected chi connectivity index (χ3v) is 2.92. The van der Waals surface area contributed by atoms with Gasteiger partial charge in [0.05, 0.1) is 18.2 Å². The maximum atomic E-state index is 11.4. The first-order chi connectivity index (χ1) is 9.63. The van der Waals surface area contributed by atoms with Gasteiger partial charge in [0.15, 0.2) is 5.69 Å². The first kappa shape index (κ1) is 14.4. The fourth-order valence-electron chi connectivity index (χ4n) is 1.39. The first-order valence-corrected chi connectivity index (χ1v) is 6.57. The first-order valence-electron chi connectivity index (χ1n) is 5.78. The topological polar surface area (TPSA) is 70.8 Å². The van der Waals surface area contributed by atoms with Gasteiger partial charge in [0.1, 0.15) is 17.8 Å². The number of ether oxygens (including phenoxy) is 3. The minimum atomic E-state index is -0.556. The predicted octanol–water partition coefficient (Wildman–Crippen LogP) is 3.41. The maximum Gasteiger partial charge on any atom is 0.399 e. The summed E-state index contributed by atoms with van der Waals surface area (Å²) in [5.41, 5.74) is 0.0616. The third kappa shape index (κ3) is 3.30. The second-order valence-corrected chi connectivity index (χ2v) is 4.47. The molecule has 0 radical (unpaired) electrons. The highest BCUT2D eigenvalue weighted by Crippen LogP contribution is 2.32. The number of methoxy groups -OCH3 is 1. The average Bonchev–Trinajstić information content (AvgIpc) is 2.90. The Morgan fingerprint density at radius 3 is 2.90 bits per heavy atom. The molecule has 1 heterocycles. The summed E-state index contributed by atoms with van der Waals surface area (Å²) in [6, 6.07) is 5.16. The van der Waals surface area contributed by atoms with Gasteiger partial charge in [-0.25, -0.2) is 4.79 Å². The lowest BCUT2D eigenvalue weighted by Crippen LogP contribution is -2.04. The Hall–Kier alpha value is -2.02. The molecule has 0 spiro atoms. The zero-order valence-corrected chi connectivity index (χ0v) is 12.5. The molecule has 20 heavy (non-hydrogen) atoms. The van der Waals surface area contributed by atoms with E-state index in [1.165, 1.54) is 6.26 Å². The Morgan fingerprint density at radius 2 is 2.25 bits per heavy atom. The van der Waals surface area contributed by atoms with Crippen LogP contribution in [0.15, 0.2) is 33.4 Å². The summed E-state index contributed by atoms with van der Waals surface area (Å²) in [5, 5.41) is 0. The molecule has 0 atom stereocenters. The summed E-state index contributed by atoms with van der Waals surface area (Å²) < 4.78 is 21.0. The molecule has 7 heteroatoms. The van der Waals surface area contributed by atoms with Gasteiger partial charge in [0.2, 0.25) is 0 Å². The van der Waals surface area contributed by atoms with Crippen LogP contribution < -0.4 is 9.47 Å². The van der Waals surface area contributed by atoms with E-state index in [1.54, 1.807) is 32.2 Å². The molecule has 0 amide bonds. The zero-order valence-electron chi connectivity index (χ0n) is 10.9. The van der Waals surface area contributed by atoms with E-state index in [0.717, 1.165) is 0 Å². The Labute approximate surface area is 123 Å². The van der Waals surface area contributed by atoms with Crippen LogP contribution in [-0.4, -0.2) is 24.7 Å². The smallest absolute Gasteiger partial charge is 0.399 e. The van der Waals surface area contributed by atoms with Crippen LogP contribution in [0.25, 0.3) is 0 Å². The zero-order chi connectivity index (χ0) is 14.5. The van der Waals surface area contributed by atoms with Gasteiger partial charge in [-0.2, -0.15) is 4.98 Å². The standard InChI is InChI=1S/C13H12BrNO5/c1-3-18-12(16)10-7-19-13(15-10)20-11-5-4-8(17-2)6-9(11)14/h4-7H,3H2,1-2H3. The molecule has 106 valence electrons. The van der Waals surface area contributed by atoms with Gasteiger partial charge in [0.25, 0.3) is 0 Å². The molecular weight excluding hydrogens is 330 g/mol. The van der Waals surface area contributed by atoms with Crippen LogP contribution in [0.1, 0.15) is 17.4 Å². The van der Waals surface area contributed by atoms with Gasteiger partial charge < -0.3 is 18.6 Å². The number of carbonyl (C=O) groups excluding carboxylic acids is 1. The SMILES string of the molecule is CCOC(=O)c1coc(Oc2ccc(OC)cc2Br)n1. The van der Waals surface area contributed by atoms with E-state index < -0.39 is 5.97 Å². The van der Waals surface area contributed by atoms with Gasteiger partial charge >= 0.3 is 12.0 Å². The molecule has 0 saturated carbocycles. The fourth-order valence-corrected chi connectivity index (χ4v) is 1.83. The largest absolute Gasteiger partial charge is 0.497 e. The van der Waals surface area contributed by atoms with Gasteiger partial charge in [-0.3, -0.25) is 0 Å². The van der Waals surface area contributed by atoms with Crippen molar-refractivity contribution >= 4 is 21.9 Å². The number of benzene rings is 1. The molecular formula is C13H12BrNO5. The number of hydrogen-bond donors (Lipinski definition) is 0. The lowest BCUT2D eigenvalue weighted by atomic mass is 10.3. The summed E-state index contributed by atoms with van der Waals surface area (Å²) >= 11 is 3.34. The summed E-state index contributed by atoms with van der Waals surface area (Å²) in [5.74, 6) is 0.617. The van der Waals surface area contributed by atoms with Crippen molar-refractivity contribution in [3.63, 3.8) is 0 Å². The summed E-state index contributed by atoms with van der Waals surface area (Å²) in [4.78, 5) is 15.3. The molecule has 0 saturated heterocycles. The highest BCUT2D eigenvalue weighted by Gasteiger charge is 2.15. The van der Waals surface area contributed by atoms with E-state index in [2.05, 4.69) is 20.9 Å². The molecule has 0 aliphatic carbocycles. The van der Waals surface area contributed by atoms with Crippen molar-refractivity contribution in [2.75, 3.05) is 13.7 Å². The quantitative estimate of drug-likeness (QED) is 0.776. The lowest BCUT2D eigenvalue weighted by Gasteiger charge is -2.05. The van der Waals surface area contributed by atoms with Crippen LogP contribution in [0, 0.1) is 0 Å².